The van der Waals surface area contributed by atoms with E-state index in [1.165, 1.54) is 12.2 Å². The average molecular weight is 290 g/mol. The van der Waals surface area contributed by atoms with Gasteiger partial charge in [0.25, 0.3) is 0 Å². The summed E-state index contributed by atoms with van der Waals surface area (Å²) in [4.78, 5) is 22.2. The highest BCUT2D eigenvalue weighted by Gasteiger charge is 2.36. The van der Waals surface area contributed by atoms with Gasteiger partial charge in [0.1, 0.15) is 0 Å². The van der Waals surface area contributed by atoms with Crippen molar-refractivity contribution in [3.05, 3.63) is 37.5 Å². The van der Waals surface area contributed by atoms with Crippen molar-refractivity contribution in [1.82, 2.24) is 0 Å². The standard InChI is InChI=1S/C17H22O4/c1-3-16(18)20-10-12-5-6-14-8-13(9-15(14)7-12)11-21-17(19)4-2/h3-6,12-15H,1-2,7-11H2. The predicted molar refractivity (Wildman–Crippen MR) is 79.3 cm³/mol. The van der Waals surface area contributed by atoms with Crippen LogP contribution in [0.15, 0.2) is 37.5 Å². The molecule has 0 heterocycles. The normalized spacial score (nSPS) is 30.3. The lowest BCUT2D eigenvalue weighted by atomic mass is 9.81. The summed E-state index contributed by atoms with van der Waals surface area (Å²) in [5.74, 6) is 1.13. The number of carbonyl (C=O) groups excluding carboxylic acids is 2. The Morgan fingerprint density at radius 2 is 1.67 bits per heavy atom. The van der Waals surface area contributed by atoms with Gasteiger partial charge < -0.3 is 9.47 Å². The monoisotopic (exact) mass is 290 g/mol. The van der Waals surface area contributed by atoms with Gasteiger partial charge in [-0.3, -0.25) is 0 Å². The van der Waals surface area contributed by atoms with Crippen molar-refractivity contribution in [2.24, 2.45) is 23.7 Å². The highest BCUT2D eigenvalue weighted by molar-refractivity contribution is 5.81. The second-order valence-electron chi connectivity index (χ2n) is 5.81. The van der Waals surface area contributed by atoms with Gasteiger partial charge in [0.15, 0.2) is 0 Å². The zero-order valence-corrected chi connectivity index (χ0v) is 12.2. The zero-order chi connectivity index (χ0) is 15.2. The van der Waals surface area contributed by atoms with E-state index >= 15 is 0 Å². The Hall–Kier alpha value is -1.84. The lowest BCUT2D eigenvalue weighted by molar-refractivity contribution is -0.139. The summed E-state index contributed by atoms with van der Waals surface area (Å²) < 4.78 is 10.3. The third-order valence-corrected chi connectivity index (χ3v) is 4.32. The molecule has 0 aromatic rings. The molecule has 4 heteroatoms. The minimum absolute atomic E-state index is 0.282. The molecule has 2 rings (SSSR count). The summed E-state index contributed by atoms with van der Waals surface area (Å²) in [5, 5.41) is 0. The van der Waals surface area contributed by atoms with E-state index in [0.29, 0.717) is 31.0 Å². The molecule has 4 unspecified atom stereocenters. The number of rotatable bonds is 6. The topological polar surface area (TPSA) is 52.6 Å². The van der Waals surface area contributed by atoms with E-state index in [4.69, 9.17) is 9.47 Å². The highest BCUT2D eigenvalue weighted by atomic mass is 16.5. The molecule has 2 aliphatic rings. The van der Waals surface area contributed by atoms with Gasteiger partial charge in [-0.05, 0) is 37.0 Å². The Kier molecular flexibility index (Phi) is 5.37. The van der Waals surface area contributed by atoms with Crippen LogP contribution in [0.2, 0.25) is 0 Å². The summed E-state index contributed by atoms with van der Waals surface area (Å²) in [6, 6.07) is 0. The Labute approximate surface area is 125 Å². The first kappa shape index (κ1) is 15.5. The molecular weight excluding hydrogens is 268 g/mol. The number of fused-ring (bicyclic) bond motifs is 1. The van der Waals surface area contributed by atoms with Crippen LogP contribution in [0.1, 0.15) is 19.3 Å². The third kappa shape index (κ3) is 4.31. The molecule has 21 heavy (non-hydrogen) atoms. The van der Waals surface area contributed by atoms with Crippen LogP contribution in [0.5, 0.6) is 0 Å². The first-order valence-electron chi connectivity index (χ1n) is 7.39. The molecule has 0 bridgehead atoms. The number of allylic oxidation sites excluding steroid dienone is 1. The molecule has 0 saturated heterocycles. The molecule has 114 valence electrons. The number of hydrogen-bond acceptors (Lipinski definition) is 4. The van der Waals surface area contributed by atoms with Crippen molar-refractivity contribution >= 4 is 11.9 Å². The maximum Gasteiger partial charge on any atom is 0.330 e. The lowest BCUT2D eigenvalue weighted by Crippen LogP contribution is -2.20. The van der Waals surface area contributed by atoms with Crippen molar-refractivity contribution in [3.63, 3.8) is 0 Å². The molecule has 0 N–H and O–H groups in total. The largest absolute Gasteiger partial charge is 0.462 e. The lowest BCUT2D eigenvalue weighted by Gasteiger charge is -2.26. The van der Waals surface area contributed by atoms with Crippen molar-refractivity contribution in [3.8, 4) is 0 Å². The highest BCUT2D eigenvalue weighted by Crippen LogP contribution is 2.43. The van der Waals surface area contributed by atoms with Gasteiger partial charge in [0, 0.05) is 18.1 Å². The molecule has 0 amide bonds. The van der Waals surface area contributed by atoms with Gasteiger partial charge in [-0.15, -0.1) is 0 Å². The number of hydrogen-bond donors (Lipinski definition) is 0. The number of carbonyl (C=O) groups is 2. The predicted octanol–water partition coefficient (Wildman–Crippen LogP) is 2.66. The summed E-state index contributed by atoms with van der Waals surface area (Å²) in [6.45, 7) is 7.68. The quantitative estimate of drug-likeness (QED) is 0.429. The summed E-state index contributed by atoms with van der Waals surface area (Å²) in [7, 11) is 0. The van der Waals surface area contributed by atoms with Gasteiger partial charge in [-0.2, -0.15) is 0 Å². The molecular formula is C17H22O4. The zero-order valence-electron chi connectivity index (χ0n) is 12.2. The van der Waals surface area contributed by atoms with Gasteiger partial charge in [-0.25, -0.2) is 9.59 Å². The molecule has 0 aromatic carbocycles. The first-order chi connectivity index (χ1) is 10.1. The van der Waals surface area contributed by atoms with Crippen LogP contribution in [-0.4, -0.2) is 25.2 Å². The summed E-state index contributed by atoms with van der Waals surface area (Å²) in [6.07, 6.45) is 9.92. The van der Waals surface area contributed by atoms with Crippen LogP contribution in [0.4, 0.5) is 0 Å². The Morgan fingerprint density at radius 1 is 1.00 bits per heavy atom. The Morgan fingerprint density at radius 3 is 2.33 bits per heavy atom. The van der Waals surface area contributed by atoms with Gasteiger partial charge in [0.2, 0.25) is 0 Å². The second-order valence-corrected chi connectivity index (χ2v) is 5.81. The fourth-order valence-electron chi connectivity index (χ4n) is 3.32. The summed E-state index contributed by atoms with van der Waals surface area (Å²) >= 11 is 0. The Balaban J connectivity index is 1.78. The van der Waals surface area contributed by atoms with E-state index in [2.05, 4.69) is 25.3 Å². The van der Waals surface area contributed by atoms with Crippen molar-refractivity contribution in [2.45, 2.75) is 19.3 Å². The van der Waals surface area contributed by atoms with E-state index in [9.17, 15) is 9.59 Å². The van der Waals surface area contributed by atoms with E-state index in [1.807, 2.05) is 0 Å². The molecule has 1 fully saturated rings. The van der Waals surface area contributed by atoms with Crippen molar-refractivity contribution in [1.29, 1.82) is 0 Å². The van der Waals surface area contributed by atoms with Gasteiger partial charge in [0.05, 0.1) is 13.2 Å². The van der Waals surface area contributed by atoms with Crippen LogP contribution in [-0.2, 0) is 19.1 Å². The van der Waals surface area contributed by atoms with Crippen LogP contribution < -0.4 is 0 Å². The van der Waals surface area contributed by atoms with Crippen LogP contribution >= 0.6 is 0 Å². The van der Waals surface area contributed by atoms with E-state index in [1.54, 1.807) is 0 Å². The molecule has 0 aliphatic heterocycles. The molecule has 0 spiro atoms. The molecule has 0 aromatic heterocycles. The van der Waals surface area contributed by atoms with Crippen molar-refractivity contribution in [2.75, 3.05) is 13.2 Å². The smallest absolute Gasteiger partial charge is 0.330 e. The number of ether oxygens (including phenoxy) is 2. The molecule has 4 nitrogen and oxygen atoms in total. The molecule has 1 saturated carbocycles. The molecule has 4 atom stereocenters. The summed E-state index contributed by atoms with van der Waals surface area (Å²) in [5.41, 5.74) is 0. The maximum atomic E-state index is 11.1. The van der Waals surface area contributed by atoms with Gasteiger partial charge in [-0.1, -0.05) is 25.3 Å². The third-order valence-electron chi connectivity index (χ3n) is 4.32. The van der Waals surface area contributed by atoms with Crippen LogP contribution in [0.3, 0.4) is 0 Å². The Bertz CT molecular complexity index is 452. The van der Waals surface area contributed by atoms with Crippen molar-refractivity contribution < 1.29 is 19.1 Å². The van der Waals surface area contributed by atoms with E-state index in [0.717, 1.165) is 19.3 Å². The first-order valence-corrected chi connectivity index (χ1v) is 7.39. The second kappa shape index (κ2) is 7.25. The fraction of sp³-hybridized carbons (Fsp3) is 0.529. The van der Waals surface area contributed by atoms with E-state index in [-0.39, 0.29) is 17.9 Å². The van der Waals surface area contributed by atoms with Crippen LogP contribution in [0, 0.1) is 23.7 Å². The van der Waals surface area contributed by atoms with E-state index < -0.39 is 0 Å². The number of esters is 2. The van der Waals surface area contributed by atoms with Gasteiger partial charge >= 0.3 is 11.9 Å². The SMILES string of the molecule is C=CC(=O)OCC1C=CC2CC(COC(=O)C=C)CC2C1. The average Bonchev–Trinajstić information content (AvgIpc) is 2.92. The minimum Gasteiger partial charge on any atom is -0.462 e. The minimum atomic E-state index is -0.369. The van der Waals surface area contributed by atoms with Crippen LogP contribution in [0.25, 0.3) is 0 Å². The molecule has 0 radical (unpaired) electrons. The molecule has 2 aliphatic carbocycles. The maximum absolute atomic E-state index is 11.1. The fourth-order valence-corrected chi connectivity index (χ4v) is 3.32.